The summed E-state index contributed by atoms with van der Waals surface area (Å²) in [5, 5.41) is 7.75. The van der Waals surface area contributed by atoms with Crippen molar-refractivity contribution in [2.75, 3.05) is 11.1 Å². The zero-order chi connectivity index (χ0) is 25.3. The van der Waals surface area contributed by atoms with E-state index in [9.17, 15) is 13.2 Å². The number of rotatable bonds is 8. The average molecular weight is 501 g/mol. The van der Waals surface area contributed by atoms with Gasteiger partial charge in [0.2, 0.25) is 5.91 Å². The van der Waals surface area contributed by atoms with Crippen LogP contribution in [-0.4, -0.2) is 24.6 Å². The van der Waals surface area contributed by atoms with Gasteiger partial charge in [-0.05, 0) is 66.6 Å². The summed E-state index contributed by atoms with van der Waals surface area (Å²) in [6.45, 7) is 2.09. The largest absolute Gasteiger partial charge is 0.383 e. The molecule has 1 aliphatic rings. The number of carbonyl (C=O) groups excluding carboxylic acids is 1. The molecule has 1 atom stereocenters. The van der Waals surface area contributed by atoms with Crippen molar-refractivity contribution < 1.29 is 13.2 Å². The number of nitrogens with one attached hydrogen (secondary N) is 2. The molecule has 1 heterocycles. The topological polar surface area (TPSA) is 114 Å². The Morgan fingerprint density at radius 1 is 1.06 bits per heavy atom. The van der Waals surface area contributed by atoms with Crippen molar-refractivity contribution in [2.24, 2.45) is 0 Å². The first-order valence-corrected chi connectivity index (χ1v) is 13.4. The van der Waals surface area contributed by atoms with E-state index >= 15 is 0 Å². The monoisotopic (exact) mass is 500 g/mol. The highest BCUT2D eigenvalue weighted by atomic mass is 32.2. The number of nitrogens with two attached hydrogens (primary N) is 1. The molecule has 8 heteroatoms. The highest BCUT2D eigenvalue weighted by Crippen LogP contribution is 2.35. The van der Waals surface area contributed by atoms with Crippen molar-refractivity contribution in [3.8, 4) is 0 Å². The third-order valence-corrected chi connectivity index (χ3v) is 8.80. The number of nitrogens with zero attached hydrogens (tertiary/aromatic N) is 1. The fourth-order valence-electron chi connectivity index (χ4n) is 4.38. The van der Waals surface area contributed by atoms with Gasteiger partial charge in [-0.2, -0.15) is 0 Å². The molecule has 1 fully saturated rings. The van der Waals surface area contributed by atoms with Crippen molar-refractivity contribution in [3.05, 3.63) is 95.7 Å². The van der Waals surface area contributed by atoms with Crippen LogP contribution in [0.3, 0.4) is 0 Å². The number of pyridine rings is 1. The predicted molar refractivity (Wildman–Crippen MR) is 142 cm³/mol. The maximum Gasteiger partial charge on any atom is 0.247 e. The van der Waals surface area contributed by atoms with Crippen molar-refractivity contribution in [1.82, 2.24) is 10.3 Å². The zero-order valence-electron chi connectivity index (χ0n) is 19.9. The van der Waals surface area contributed by atoms with Crippen LogP contribution in [0.1, 0.15) is 35.6 Å². The summed E-state index contributed by atoms with van der Waals surface area (Å²) < 4.78 is 25.8. The van der Waals surface area contributed by atoms with Gasteiger partial charge in [0.15, 0.2) is 9.84 Å². The van der Waals surface area contributed by atoms with Crippen molar-refractivity contribution >= 4 is 38.0 Å². The molecule has 4 aromatic rings. The van der Waals surface area contributed by atoms with E-state index in [1.807, 2.05) is 55.5 Å². The molecular weight excluding hydrogens is 472 g/mol. The van der Waals surface area contributed by atoms with Gasteiger partial charge in [0, 0.05) is 23.8 Å². The van der Waals surface area contributed by atoms with Crippen molar-refractivity contribution in [1.29, 1.82) is 0 Å². The first kappa shape index (κ1) is 23.8. The number of hydrogen-bond acceptors (Lipinski definition) is 6. The summed E-state index contributed by atoms with van der Waals surface area (Å²) in [5.74, 6) is 0.195. The minimum atomic E-state index is -3.38. The molecule has 0 saturated heterocycles. The van der Waals surface area contributed by atoms with Crippen LogP contribution in [0.15, 0.2) is 83.9 Å². The average Bonchev–Trinajstić information content (AvgIpc) is 3.72. The Labute approximate surface area is 210 Å². The number of nitrogen functional groups attached to an aromatic ring is 1. The van der Waals surface area contributed by atoms with Gasteiger partial charge in [0.25, 0.3) is 0 Å². The number of aromatic nitrogens is 1. The molecule has 4 N–H and O–H groups in total. The lowest BCUT2D eigenvalue weighted by molar-refractivity contribution is -0.122. The van der Waals surface area contributed by atoms with E-state index in [-0.39, 0.29) is 17.7 Å². The molecule has 0 radical (unpaired) electrons. The molecule has 0 bridgehead atoms. The molecule has 1 unspecified atom stereocenters. The Kier molecular flexibility index (Phi) is 6.36. The van der Waals surface area contributed by atoms with Gasteiger partial charge in [-0.3, -0.25) is 4.79 Å². The molecule has 3 aromatic carbocycles. The Balaban J connectivity index is 1.42. The van der Waals surface area contributed by atoms with Crippen LogP contribution in [0.4, 0.5) is 11.5 Å². The smallest absolute Gasteiger partial charge is 0.247 e. The van der Waals surface area contributed by atoms with E-state index in [2.05, 4.69) is 15.6 Å². The summed E-state index contributed by atoms with van der Waals surface area (Å²) in [5.41, 5.74) is 9.17. The fraction of sp³-hybridized carbons (Fsp3) is 0.214. The lowest BCUT2D eigenvalue weighted by atomic mass is 10.0. The van der Waals surface area contributed by atoms with Gasteiger partial charge >= 0.3 is 0 Å². The van der Waals surface area contributed by atoms with Crippen LogP contribution in [-0.2, 0) is 21.2 Å². The summed E-state index contributed by atoms with van der Waals surface area (Å²) in [4.78, 5) is 17.9. The number of amides is 1. The minimum absolute atomic E-state index is 0.116. The Morgan fingerprint density at radius 3 is 2.64 bits per heavy atom. The SMILES string of the molecule is Cc1cccc(C(Nc2ccc3c(N)nccc3c2)C(=O)NCc2ccccc2S(=O)(=O)C2CC2)c1. The number of aryl methyl sites for hydroxylation is 1. The molecule has 7 nitrogen and oxygen atoms in total. The molecule has 1 aliphatic carbocycles. The second kappa shape index (κ2) is 9.62. The molecule has 0 spiro atoms. The van der Waals surface area contributed by atoms with Crippen LogP contribution in [0.25, 0.3) is 10.8 Å². The predicted octanol–water partition coefficient (Wildman–Crippen LogP) is 4.53. The van der Waals surface area contributed by atoms with Crippen LogP contribution in [0.5, 0.6) is 0 Å². The minimum Gasteiger partial charge on any atom is -0.383 e. The summed E-state index contributed by atoms with van der Waals surface area (Å²) in [6, 6.07) is 21.5. The molecule has 0 aliphatic heterocycles. The highest BCUT2D eigenvalue weighted by Gasteiger charge is 2.38. The Morgan fingerprint density at radius 2 is 1.86 bits per heavy atom. The van der Waals surface area contributed by atoms with Gasteiger partial charge < -0.3 is 16.4 Å². The molecular formula is C28H28N4O3S. The lowest BCUT2D eigenvalue weighted by Gasteiger charge is -2.21. The van der Waals surface area contributed by atoms with Gasteiger partial charge in [0.1, 0.15) is 11.9 Å². The lowest BCUT2D eigenvalue weighted by Crippen LogP contribution is -2.33. The first-order chi connectivity index (χ1) is 17.3. The summed E-state index contributed by atoms with van der Waals surface area (Å²) in [7, 11) is -3.38. The van der Waals surface area contributed by atoms with E-state index in [1.165, 1.54) is 0 Å². The standard InChI is InChI=1S/C28H28N4O3S/c1-18-5-4-7-20(15-18)26(32-22-9-12-24-19(16-22)13-14-30-27(24)29)28(33)31-17-21-6-2-3-8-25(21)36(34,35)23-10-11-23/h2-9,12-16,23,26,32H,10-11,17H2,1H3,(H2,29,30)(H,31,33). The number of hydrogen-bond donors (Lipinski definition) is 3. The normalized spacial score (nSPS) is 14.4. The first-order valence-electron chi connectivity index (χ1n) is 11.9. The maximum atomic E-state index is 13.5. The van der Waals surface area contributed by atoms with Crippen molar-refractivity contribution in [2.45, 2.75) is 42.5 Å². The Bertz CT molecular complexity index is 1550. The second-order valence-corrected chi connectivity index (χ2v) is 11.4. The maximum absolute atomic E-state index is 13.5. The number of fused-ring (bicyclic) bond motifs is 1. The van der Waals surface area contributed by atoms with Crippen molar-refractivity contribution in [3.63, 3.8) is 0 Å². The second-order valence-electron chi connectivity index (χ2n) is 9.19. The van der Waals surface area contributed by atoms with E-state index in [1.54, 1.807) is 30.5 Å². The van der Waals surface area contributed by atoms with E-state index < -0.39 is 15.9 Å². The van der Waals surface area contributed by atoms with Gasteiger partial charge in [-0.25, -0.2) is 13.4 Å². The quantitative estimate of drug-likeness (QED) is 0.328. The zero-order valence-corrected chi connectivity index (χ0v) is 20.8. The van der Waals surface area contributed by atoms with E-state index in [0.29, 0.717) is 29.1 Å². The molecule has 1 saturated carbocycles. The third-order valence-electron chi connectivity index (χ3n) is 6.44. The fourth-order valence-corrected chi connectivity index (χ4v) is 6.27. The Hall–Kier alpha value is -3.91. The number of anilines is 2. The highest BCUT2D eigenvalue weighted by molar-refractivity contribution is 7.92. The number of benzene rings is 3. The number of carbonyl (C=O) groups is 1. The van der Waals surface area contributed by atoms with Crippen LogP contribution < -0.4 is 16.4 Å². The molecule has 1 aromatic heterocycles. The van der Waals surface area contributed by atoms with Gasteiger partial charge in [0.05, 0.1) is 10.1 Å². The van der Waals surface area contributed by atoms with Crippen LogP contribution in [0.2, 0.25) is 0 Å². The van der Waals surface area contributed by atoms with E-state index in [0.717, 1.165) is 27.6 Å². The van der Waals surface area contributed by atoms with E-state index in [4.69, 9.17) is 5.73 Å². The van der Waals surface area contributed by atoms with Gasteiger partial charge in [-0.1, -0.05) is 48.0 Å². The summed E-state index contributed by atoms with van der Waals surface area (Å²) in [6.07, 6.45) is 3.03. The van der Waals surface area contributed by atoms with Gasteiger partial charge in [-0.15, -0.1) is 0 Å². The molecule has 184 valence electrons. The molecule has 1 amide bonds. The van der Waals surface area contributed by atoms with Crippen LogP contribution in [0, 0.1) is 6.92 Å². The summed E-state index contributed by atoms with van der Waals surface area (Å²) >= 11 is 0. The van der Waals surface area contributed by atoms with Crippen LogP contribution >= 0.6 is 0 Å². The molecule has 36 heavy (non-hydrogen) atoms. The number of sulfone groups is 1. The third kappa shape index (κ3) is 4.90. The molecule has 5 rings (SSSR count).